The summed E-state index contributed by atoms with van der Waals surface area (Å²) in [6, 6.07) is 18.1. The number of nitrogens with one attached hydrogen (secondary N) is 2. The largest absolute Gasteiger partial charge is 0.318 e. The van der Waals surface area contributed by atoms with Gasteiger partial charge in [0.25, 0.3) is 0 Å². The SMILES string of the molecule is Cc1ccccc1C[N+]1(CCCCCCCCCC[N+]2(Cc3ccccc3C)CCNCC2)CCNCC1. The molecule has 38 heavy (non-hydrogen) atoms. The van der Waals surface area contributed by atoms with E-state index in [9.17, 15) is 0 Å². The van der Waals surface area contributed by atoms with Gasteiger partial charge in [-0.15, -0.1) is 0 Å². The third-order valence-electron chi connectivity index (χ3n) is 9.60. The van der Waals surface area contributed by atoms with Gasteiger partial charge in [0, 0.05) is 37.3 Å². The maximum Gasteiger partial charge on any atom is 0.105 e. The van der Waals surface area contributed by atoms with Crippen molar-refractivity contribution in [3.8, 4) is 0 Å². The van der Waals surface area contributed by atoms with Crippen molar-refractivity contribution in [2.45, 2.75) is 78.3 Å². The fourth-order valence-corrected chi connectivity index (χ4v) is 6.91. The minimum Gasteiger partial charge on any atom is -0.318 e. The molecule has 2 aliphatic rings. The molecule has 2 heterocycles. The first-order valence-electron chi connectivity index (χ1n) is 15.8. The summed E-state index contributed by atoms with van der Waals surface area (Å²) < 4.78 is 2.58. The van der Waals surface area contributed by atoms with Crippen LogP contribution in [-0.4, -0.2) is 74.4 Å². The predicted molar refractivity (Wildman–Crippen MR) is 162 cm³/mol. The van der Waals surface area contributed by atoms with Gasteiger partial charge >= 0.3 is 0 Å². The van der Waals surface area contributed by atoms with Crippen molar-refractivity contribution in [2.75, 3.05) is 65.4 Å². The number of benzene rings is 2. The van der Waals surface area contributed by atoms with E-state index in [1.54, 1.807) is 11.1 Å². The summed E-state index contributed by atoms with van der Waals surface area (Å²) in [6.45, 7) is 19.5. The molecule has 2 fully saturated rings. The van der Waals surface area contributed by atoms with Gasteiger partial charge in [0.05, 0.1) is 39.3 Å². The van der Waals surface area contributed by atoms with Gasteiger partial charge < -0.3 is 19.6 Å². The standard InChI is InChI=1S/C34H56N4/c1-31-15-9-11-17-33(31)29-37(25-19-35-20-26-37)23-13-7-5-3-4-6-8-14-24-38(27-21-36-22-28-38)30-34-18-12-10-16-32(34)2/h9-12,15-18,35-36H,3-8,13-14,19-30H2,1-2H3/q+2. The lowest BCUT2D eigenvalue weighted by molar-refractivity contribution is -0.942. The molecule has 4 nitrogen and oxygen atoms in total. The Morgan fingerprint density at radius 3 is 1.21 bits per heavy atom. The van der Waals surface area contributed by atoms with Crippen LogP contribution in [0.4, 0.5) is 0 Å². The Labute approximate surface area is 234 Å². The highest BCUT2D eigenvalue weighted by molar-refractivity contribution is 5.25. The molecule has 0 aliphatic carbocycles. The van der Waals surface area contributed by atoms with Crippen LogP contribution in [0.1, 0.15) is 73.6 Å². The summed E-state index contributed by atoms with van der Waals surface area (Å²) in [5, 5.41) is 7.19. The van der Waals surface area contributed by atoms with Gasteiger partial charge in [-0.25, -0.2) is 0 Å². The van der Waals surface area contributed by atoms with Crippen molar-refractivity contribution in [3.05, 3.63) is 70.8 Å². The van der Waals surface area contributed by atoms with Crippen LogP contribution in [-0.2, 0) is 13.1 Å². The molecule has 0 atom stereocenters. The van der Waals surface area contributed by atoms with Crippen LogP contribution in [0.15, 0.2) is 48.5 Å². The average molecular weight is 521 g/mol. The minimum atomic E-state index is 1.17. The van der Waals surface area contributed by atoms with Crippen molar-refractivity contribution in [1.82, 2.24) is 10.6 Å². The van der Waals surface area contributed by atoms with E-state index in [0.29, 0.717) is 0 Å². The maximum atomic E-state index is 3.59. The topological polar surface area (TPSA) is 24.1 Å². The molecular formula is C34H56N4+2. The van der Waals surface area contributed by atoms with Gasteiger partial charge in [-0.05, 0) is 50.7 Å². The van der Waals surface area contributed by atoms with Crippen molar-refractivity contribution >= 4 is 0 Å². The highest BCUT2D eigenvalue weighted by Gasteiger charge is 2.31. The number of hydrogen-bond donors (Lipinski definition) is 2. The van der Waals surface area contributed by atoms with Crippen LogP contribution in [0, 0.1) is 13.8 Å². The number of hydrogen-bond acceptors (Lipinski definition) is 2. The summed E-state index contributed by atoms with van der Waals surface area (Å²) in [5.74, 6) is 0. The van der Waals surface area contributed by atoms with E-state index in [1.165, 1.54) is 150 Å². The van der Waals surface area contributed by atoms with Crippen LogP contribution < -0.4 is 10.6 Å². The average Bonchev–Trinajstić information content (AvgIpc) is 2.93. The molecule has 0 aromatic heterocycles. The molecule has 0 saturated carbocycles. The normalized spacial score (nSPS) is 18.9. The predicted octanol–water partition coefficient (Wildman–Crippen LogP) is 5.96. The monoisotopic (exact) mass is 520 g/mol. The molecule has 0 radical (unpaired) electrons. The zero-order chi connectivity index (χ0) is 26.5. The van der Waals surface area contributed by atoms with Gasteiger partial charge in [-0.1, -0.05) is 74.2 Å². The second kappa shape index (κ2) is 15.2. The fraction of sp³-hybridized carbons (Fsp3) is 0.647. The summed E-state index contributed by atoms with van der Waals surface area (Å²) in [4.78, 5) is 0. The van der Waals surface area contributed by atoms with Crippen LogP contribution in [0.5, 0.6) is 0 Å². The van der Waals surface area contributed by atoms with Crippen LogP contribution >= 0.6 is 0 Å². The van der Waals surface area contributed by atoms with Crippen molar-refractivity contribution in [3.63, 3.8) is 0 Å². The molecule has 4 rings (SSSR count). The first kappa shape index (κ1) is 29.3. The molecule has 210 valence electrons. The minimum absolute atomic E-state index is 1.17. The van der Waals surface area contributed by atoms with E-state index in [1.807, 2.05) is 0 Å². The first-order valence-corrected chi connectivity index (χ1v) is 15.8. The van der Waals surface area contributed by atoms with Gasteiger partial charge in [-0.3, -0.25) is 0 Å². The van der Waals surface area contributed by atoms with Gasteiger partial charge in [0.2, 0.25) is 0 Å². The lowest BCUT2D eigenvalue weighted by atomic mass is 10.0. The second-order valence-corrected chi connectivity index (χ2v) is 12.5. The van der Waals surface area contributed by atoms with Crippen LogP contribution in [0.3, 0.4) is 0 Å². The fourth-order valence-electron chi connectivity index (χ4n) is 6.91. The molecule has 2 saturated heterocycles. The van der Waals surface area contributed by atoms with E-state index >= 15 is 0 Å². The van der Waals surface area contributed by atoms with Crippen LogP contribution in [0.25, 0.3) is 0 Å². The Morgan fingerprint density at radius 1 is 0.500 bits per heavy atom. The number of piperazine rings is 2. The highest BCUT2D eigenvalue weighted by Crippen LogP contribution is 2.22. The Bertz CT molecular complexity index is 866. The Kier molecular flexibility index (Phi) is 11.7. The molecule has 2 aromatic carbocycles. The molecule has 0 spiro atoms. The lowest BCUT2D eigenvalue weighted by Gasteiger charge is -2.42. The third-order valence-corrected chi connectivity index (χ3v) is 9.60. The number of rotatable bonds is 15. The van der Waals surface area contributed by atoms with Gasteiger partial charge in [0.15, 0.2) is 0 Å². The highest BCUT2D eigenvalue weighted by atomic mass is 15.4. The summed E-state index contributed by atoms with van der Waals surface area (Å²) >= 11 is 0. The van der Waals surface area contributed by atoms with E-state index < -0.39 is 0 Å². The summed E-state index contributed by atoms with van der Waals surface area (Å²) in [7, 11) is 0. The van der Waals surface area contributed by atoms with E-state index in [2.05, 4.69) is 73.0 Å². The van der Waals surface area contributed by atoms with E-state index in [-0.39, 0.29) is 0 Å². The molecule has 4 heteroatoms. The number of quaternary nitrogens is 2. The summed E-state index contributed by atoms with van der Waals surface area (Å²) in [5.41, 5.74) is 6.03. The third kappa shape index (κ3) is 8.91. The van der Waals surface area contributed by atoms with E-state index in [0.717, 1.165) is 0 Å². The molecule has 0 unspecified atom stereocenters. The van der Waals surface area contributed by atoms with Crippen LogP contribution in [0.2, 0.25) is 0 Å². The van der Waals surface area contributed by atoms with E-state index in [4.69, 9.17) is 0 Å². The molecule has 2 N–H and O–H groups in total. The summed E-state index contributed by atoms with van der Waals surface area (Å²) in [6.07, 6.45) is 11.3. The molecule has 2 aromatic rings. The van der Waals surface area contributed by atoms with Gasteiger partial charge in [-0.2, -0.15) is 0 Å². The van der Waals surface area contributed by atoms with Crippen molar-refractivity contribution in [2.24, 2.45) is 0 Å². The number of unbranched alkanes of at least 4 members (excludes halogenated alkanes) is 7. The Hall–Kier alpha value is -1.72. The zero-order valence-electron chi connectivity index (χ0n) is 24.7. The maximum absolute atomic E-state index is 3.59. The van der Waals surface area contributed by atoms with Gasteiger partial charge in [0.1, 0.15) is 13.1 Å². The molecule has 0 bridgehead atoms. The molecule has 2 aliphatic heterocycles. The molecule has 0 amide bonds. The Morgan fingerprint density at radius 2 is 0.842 bits per heavy atom. The second-order valence-electron chi connectivity index (χ2n) is 12.5. The zero-order valence-corrected chi connectivity index (χ0v) is 24.7. The Balaban J connectivity index is 1.11. The first-order chi connectivity index (χ1) is 18.6. The quantitative estimate of drug-likeness (QED) is 0.223. The molecular weight excluding hydrogens is 464 g/mol. The lowest BCUT2D eigenvalue weighted by Crippen LogP contribution is -2.58. The van der Waals surface area contributed by atoms with Crippen molar-refractivity contribution < 1.29 is 8.97 Å². The number of aryl methyl sites for hydroxylation is 2. The number of nitrogens with zero attached hydrogens (tertiary/aromatic N) is 2. The smallest absolute Gasteiger partial charge is 0.105 e. The van der Waals surface area contributed by atoms with Crippen molar-refractivity contribution in [1.29, 1.82) is 0 Å².